The van der Waals surface area contributed by atoms with Crippen molar-refractivity contribution in [3.05, 3.63) is 23.8 Å². The van der Waals surface area contributed by atoms with Crippen molar-refractivity contribution in [1.29, 1.82) is 0 Å². The first-order valence-electron chi connectivity index (χ1n) is 8.70. The summed E-state index contributed by atoms with van der Waals surface area (Å²) >= 11 is 0. The van der Waals surface area contributed by atoms with Gasteiger partial charge in [-0.1, -0.05) is 0 Å². The molecule has 8 nitrogen and oxygen atoms in total. The maximum atomic E-state index is 14.2. The summed E-state index contributed by atoms with van der Waals surface area (Å²) < 4.78 is 65.2. The summed E-state index contributed by atoms with van der Waals surface area (Å²) in [7, 11) is 0. The number of benzene rings is 1. The van der Waals surface area contributed by atoms with E-state index in [4.69, 9.17) is 20.1 Å². The van der Waals surface area contributed by atoms with Gasteiger partial charge in [-0.3, -0.25) is 0 Å². The van der Waals surface area contributed by atoms with Crippen molar-refractivity contribution in [3.8, 4) is 0 Å². The molecule has 160 valence electrons. The first-order valence-corrected chi connectivity index (χ1v) is 8.70. The van der Waals surface area contributed by atoms with Crippen LogP contribution in [0.3, 0.4) is 0 Å². The maximum Gasteiger partial charge on any atom is 0.490 e. The predicted molar refractivity (Wildman–Crippen MR) is 94.9 cm³/mol. The molecule has 0 unspecified atom stereocenters. The van der Waals surface area contributed by atoms with Gasteiger partial charge in [-0.15, -0.1) is 0 Å². The number of nitrogens with two attached hydrogens (primary N) is 1. The number of halogens is 5. The molecule has 30 heavy (non-hydrogen) atoms. The van der Waals surface area contributed by atoms with Gasteiger partial charge in [-0.25, -0.2) is 18.6 Å². The van der Waals surface area contributed by atoms with E-state index in [0.29, 0.717) is 23.5 Å². The average molecular weight is 431 g/mol. The number of aliphatic carboxylic acids is 1. The van der Waals surface area contributed by atoms with E-state index in [1.807, 2.05) is 0 Å². The monoisotopic (exact) mass is 431 g/mol. The molecule has 4 N–H and O–H groups in total. The highest BCUT2D eigenvalue weighted by Crippen LogP contribution is 2.38. The molecule has 13 heteroatoms. The second kappa shape index (κ2) is 6.93. The van der Waals surface area contributed by atoms with Crippen molar-refractivity contribution in [1.82, 2.24) is 15.3 Å². The molecule has 3 aromatic rings. The summed E-state index contributed by atoms with van der Waals surface area (Å²) in [5, 5.41) is 10.5. The number of hydrogen-bond acceptors (Lipinski definition) is 7. The van der Waals surface area contributed by atoms with Gasteiger partial charge in [0.2, 0.25) is 5.95 Å². The minimum atomic E-state index is -5.08. The Morgan fingerprint density at radius 2 is 2.00 bits per heavy atom. The molecular formula is C17H14F5N5O3. The third-order valence-corrected chi connectivity index (χ3v) is 4.94. The Hall–Kier alpha value is -3.22. The van der Waals surface area contributed by atoms with E-state index in [1.54, 1.807) is 0 Å². The van der Waals surface area contributed by atoms with E-state index in [2.05, 4.69) is 20.2 Å². The number of nitrogens with zero attached hydrogens (tertiary/aromatic N) is 3. The highest BCUT2D eigenvalue weighted by molar-refractivity contribution is 6.06. The molecule has 5 rings (SSSR count). The predicted octanol–water partition coefficient (Wildman–Crippen LogP) is 2.42. The van der Waals surface area contributed by atoms with Crippen LogP contribution in [0, 0.1) is 11.6 Å². The fraction of sp³-hybridized carbons (Fsp3) is 0.353. The quantitative estimate of drug-likeness (QED) is 0.503. The van der Waals surface area contributed by atoms with Crippen molar-refractivity contribution in [3.63, 3.8) is 0 Å². The number of nitrogens with one attached hydrogen (secondary N) is 1. The van der Waals surface area contributed by atoms with Crippen LogP contribution in [0.5, 0.6) is 0 Å². The summed E-state index contributed by atoms with van der Waals surface area (Å²) in [5.74, 6) is -4.10. The summed E-state index contributed by atoms with van der Waals surface area (Å²) in [6.45, 7) is 1.64. The van der Waals surface area contributed by atoms with Gasteiger partial charge in [-0.05, 0) is 18.6 Å². The van der Waals surface area contributed by atoms with Crippen LogP contribution in [0.4, 0.5) is 33.7 Å². The van der Waals surface area contributed by atoms with Gasteiger partial charge >= 0.3 is 12.1 Å². The van der Waals surface area contributed by atoms with Crippen LogP contribution in [0.15, 0.2) is 16.5 Å². The second-order valence-corrected chi connectivity index (χ2v) is 6.87. The molecule has 2 aromatic heterocycles. The lowest BCUT2D eigenvalue weighted by molar-refractivity contribution is -0.192. The van der Waals surface area contributed by atoms with Gasteiger partial charge in [-0.2, -0.15) is 18.2 Å². The minimum Gasteiger partial charge on any atom is -0.475 e. The number of nitrogen functional groups attached to an aromatic ring is 1. The molecule has 2 bridgehead atoms. The van der Waals surface area contributed by atoms with Crippen LogP contribution in [-0.2, 0) is 4.79 Å². The summed E-state index contributed by atoms with van der Waals surface area (Å²) in [6.07, 6.45) is -4.06. The minimum absolute atomic E-state index is 0.0119. The van der Waals surface area contributed by atoms with Crippen LogP contribution >= 0.6 is 0 Å². The topological polar surface area (TPSA) is 118 Å². The lowest BCUT2D eigenvalue weighted by Gasteiger charge is -2.28. The third-order valence-electron chi connectivity index (χ3n) is 4.94. The fourth-order valence-corrected chi connectivity index (χ4v) is 3.68. The number of piperazine rings is 1. The van der Waals surface area contributed by atoms with Crippen molar-refractivity contribution in [2.24, 2.45) is 0 Å². The van der Waals surface area contributed by atoms with Crippen LogP contribution in [-0.4, -0.2) is 52.4 Å². The van der Waals surface area contributed by atoms with Gasteiger partial charge in [0.15, 0.2) is 23.0 Å². The Balaban J connectivity index is 0.000000272. The van der Waals surface area contributed by atoms with Gasteiger partial charge in [0.05, 0.1) is 5.39 Å². The smallest absolute Gasteiger partial charge is 0.475 e. The average Bonchev–Trinajstić information content (AvgIpc) is 3.37. The van der Waals surface area contributed by atoms with E-state index in [0.717, 1.165) is 25.6 Å². The van der Waals surface area contributed by atoms with Gasteiger partial charge in [0, 0.05) is 25.2 Å². The molecular weight excluding hydrogens is 417 g/mol. The van der Waals surface area contributed by atoms with Crippen LogP contribution in [0.25, 0.3) is 22.1 Å². The second-order valence-electron chi connectivity index (χ2n) is 6.87. The number of rotatable bonds is 1. The Morgan fingerprint density at radius 1 is 1.30 bits per heavy atom. The summed E-state index contributed by atoms with van der Waals surface area (Å²) in [6, 6.07) is 3.14. The number of anilines is 2. The number of alkyl halides is 3. The summed E-state index contributed by atoms with van der Waals surface area (Å²) in [5.41, 5.74) is 6.62. The number of aromatic nitrogens is 2. The molecule has 0 spiro atoms. The molecule has 0 radical (unpaired) electrons. The first kappa shape index (κ1) is 20.1. The molecule has 0 saturated carbocycles. The number of carboxylic acids is 1. The normalized spacial score (nSPS) is 20.6. The van der Waals surface area contributed by atoms with Gasteiger partial charge < -0.3 is 25.5 Å². The number of furan rings is 1. The van der Waals surface area contributed by atoms with Crippen molar-refractivity contribution in [2.75, 3.05) is 23.7 Å². The SMILES string of the molecule is Nc1nc(N2C[C@@H]3C[C@H]2CN3)c2oc3ccc(F)c(F)c3c2n1.O=C(O)C(F)(F)F. The number of carboxylic acid groups (broad SMARTS) is 1. The molecule has 2 fully saturated rings. The zero-order chi connectivity index (χ0) is 21.8. The molecule has 0 aliphatic carbocycles. The maximum absolute atomic E-state index is 14.2. The number of carbonyl (C=O) groups is 1. The molecule has 2 aliphatic rings. The van der Waals surface area contributed by atoms with Crippen molar-refractivity contribution >= 4 is 39.8 Å². The Kier molecular flexibility index (Phi) is 4.64. The third kappa shape index (κ3) is 3.34. The molecule has 1 aromatic carbocycles. The zero-order valence-corrected chi connectivity index (χ0v) is 15.0. The van der Waals surface area contributed by atoms with E-state index in [9.17, 15) is 22.0 Å². The highest BCUT2D eigenvalue weighted by Gasteiger charge is 2.40. The number of fused-ring (bicyclic) bond motifs is 5. The molecule has 0 amide bonds. The Morgan fingerprint density at radius 3 is 2.57 bits per heavy atom. The van der Waals surface area contributed by atoms with Crippen molar-refractivity contribution < 1.29 is 36.3 Å². The van der Waals surface area contributed by atoms with Gasteiger partial charge in [0.1, 0.15) is 11.1 Å². The first-order chi connectivity index (χ1) is 14.1. The zero-order valence-electron chi connectivity index (χ0n) is 15.0. The van der Waals surface area contributed by atoms with Gasteiger partial charge in [0.25, 0.3) is 0 Å². The van der Waals surface area contributed by atoms with E-state index in [-0.39, 0.29) is 22.4 Å². The van der Waals surface area contributed by atoms with Crippen LogP contribution in [0.1, 0.15) is 6.42 Å². The largest absolute Gasteiger partial charge is 0.490 e. The molecule has 2 saturated heterocycles. The number of hydrogen-bond donors (Lipinski definition) is 3. The van der Waals surface area contributed by atoms with Crippen molar-refractivity contribution in [2.45, 2.75) is 24.7 Å². The molecule has 2 aliphatic heterocycles. The van der Waals surface area contributed by atoms with E-state index < -0.39 is 23.8 Å². The van der Waals surface area contributed by atoms with E-state index in [1.165, 1.54) is 6.07 Å². The van der Waals surface area contributed by atoms with Crippen LogP contribution in [0.2, 0.25) is 0 Å². The standard InChI is InChI=1S/C15H13F2N5O.C2HF3O2/c16-8-1-2-9-10(11(8)17)12-13(23-9)14(21-15(18)20-12)22-5-6-3-7(22)4-19-6;3-2(4,5)1(6)7/h1-2,6-7,19H,3-5H2,(H2,18,20,21);(H,6,7)/t6-,7-;/m0./s1. The lowest BCUT2D eigenvalue weighted by atomic mass is 10.2. The Bertz CT molecular complexity index is 1150. The lowest BCUT2D eigenvalue weighted by Crippen LogP contribution is -2.44. The summed E-state index contributed by atoms with van der Waals surface area (Å²) in [4.78, 5) is 19.4. The van der Waals surface area contributed by atoms with Crippen LogP contribution < -0.4 is 16.0 Å². The molecule has 4 heterocycles. The van der Waals surface area contributed by atoms with E-state index >= 15 is 0 Å². The highest BCUT2D eigenvalue weighted by atomic mass is 19.4. The Labute approximate surface area is 164 Å². The fourth-order valence-electron chi connectivity index (χ4n) is 3.68. The molecule has 2 atom stereocenters.